The molecule has 156 valence electrons. The minimum atomic E-state index is 0.727. The zero-order valence-corrected chi connectivity index (χ0v) is 17.9. The number of benzene rings is 2. The smallest absolute Gasteiger partial charge is 0.137 e. The number of hydrogen-bond donors (Lipinski definition) is 1. The van der Waals surface area contributed by atoms with E-state index in [1.165, 1.54) is 10.8 Å². The van der Waals surface area contributed by atoms with E-state index < -0.39 is 0 Å². The molecule has 1 fully saturated rings. The Morgan fingerprint density at radius 2 is 1.73 bits per heavy atom. The number of rotatable bonds is 6. The molecule has 0 radical (unpaired) electrons. The Bertz CT molecular complexity index is 1020. The Balaban J connectivity index is 1.70. The van der Waals surface area contributed by atoms with E-state index in [1.54, 1.807) is 0 Å². The van der Waals surface area contributed by atoms with Crippen LogP contribution in [0.1, 0.15) is 32.3 Å². The first-order valence-corrected chi connectivity index (χ1v) is 10.9. The first-order valence-electron chi connectivity index (χ1n) is 10.9. The summed E-state index contributed by atoms with van der Waals surface area (Å²) in [5, 5.41) is 15.2. The lowest BCUT2D eigenvalue weighted by Gasteiger charge is -2.35. The van der Waals surface area contributed by atoms with Crippen molar-refractivity contribution in [1.29, 1.82) is 0 Å². The predicted octanol–water partition coefficient (Wildman–Crippen LogP) is 5.02. The quantitative estimate of drug-likeness (QED) is 0.357. The number of piperazine rings is 1. The summed E-state index contributed by atoms with van der Waals surface area (Å²) in [4.78, 5) is 10.0. The molecule has 1 N–H and O–H groups in total. The molecule has 30 heavy (non-hydrogen) atoms. The van der Waals surface area contributed by atoms with Gasteiger partial charge < -0.3 is 15.0 Å². The Kier molecular flexibility index (Phi) is 6.29. The van der Waals surface area contributed by atoms with Crippen molar-refractivity contribution in [3.8, 4) is 11.3 Å². The van der Waals surface area contributed by atoms with Gasteiger partial charge in [0.15, 0.2) is 0 Å². The van der Waals surface area contributed by atoms with Crippen molar-refractivity contribution in [2.75, 3.05) is 37.6 Å². The van der Waals surface area contributed by atoms with Crippen LogP contribution in [0, 0.1) is 0 Å². The fraction of sp³-hybridized carbons (Fsp3) is 0.360. The summed E-state index contributed by atoms with van der Waals surface area (Å²) in [5.74, 6) is 1.08. The highest BCUT2D eigenvalue weighted by atomic mass is 16.4. The van der Waals surface area contributed by atoms with E-state index in [2.05, 4.69) is 71.3 Å². The van der Waals surface area contributed by atoms with Gasteiger partial charge in [0.1, 0.15) is 5.82 Å². The fourth-order valence-corrected chi connectivity index (χ4v) is 4.17. The molecule has 1 aliphatic rings. The molecular weight excluding hydrogens is 372 g/mol. The second-order valence-corrected chi connectivity index (χ2v) is 7.85. The van der Waals surface area contributed by atoms with E-state index in [-0.39, 0.29) is 0 Å². The second-order valence-electron chi connectivity index (χ2n) is 7.85. The predicted molar refractivity (Wildman–Crippen MR) is 125 cm³/mol. The molecule has 0 unspecified atom stereocenters. The van der Waals surface area contributed by atoms with E-state index in [9.17, 15) is 5.21 Å². The maximum atomic E-state index is 9.30. The molecule has 0 spiro atoms. The zero-order valence-electron chi connectivity index (χ0n) is 17.9. The van der Waals surface area contributed by atoms with Crippen LogP contribution in [-0.2, 0) is 0 Å². The SMILES string of the molecule is CCC/C(=N\O)c1ccc(-c2cc3ccccc3c(N3CCN(CC)CC3)n2)cc1. The van der Waals surface area contributed by atoms with E-state index in [0.29, 0.717) is 0 Å². The summed E-state index contributed by atoms with van der Waals surface area (Å²) in [6.45, 7) is 9.56. The summed E-state index contributed by atoms with van der Waals surface area (Å²) < 4.78 is 0. The molecule has 0 bridgehead atoms. The third-order valence-electron chi connectivity index (χ3n) is 5.96. The Hall–Kier alpha value is -2.92. The van der Waals surface area contributed by atoms with Crippen LogP contribution in [0.4, 0.5) is 5.82 Å². The minimum absolute atomic E-state index is 0.727. The number of fused-ring (bicyclic) bond motifs is 1. The molecule has 4 rings (SSSR count). The molecule has 2 aromatic carbocycles. The fourth-order valence-electron chi connectivity index (χ4n) is 4.17. The monoisotopic (exact) mass is 402 g/mol. The molecule has 1 aromatic heterocycles. The van der Waals surface area contributed by atoms with Gasteiger partial charge in [-0.15, -0.1) is 0 Å². The van der Waals surface area contributed by atoms with Gasteiger partial charge in [0.2, 0.25) is 0 Å². The molecule has 0 atom stereocenters. The van der Waals surface area contributed by atoms with Crippen LogP contribution >= 0.6 is 0 Å². The lowest BCUT2D eigenvalue weighted by molar-refractivity contribution is 0.271. The summed E-state index contributed by atoms with van der Waals surface area (Å²) in [6.07, 6.45) is 1.71. The van der Waals surface area contributed by atoms with Gasteiger partial charge in [-0.3, -0.25) is 0 Å². The summed E-state index contributed by atoms with van der Waals surface area (Å²) >= 11 is 0. The Labute approximate surface area is 178 Å². The average Bonchev–Trinajstić information content (AvgIpc) is 2.82. The van der Waals surface area contributed by atoms with Gasteiger partial charge >= 0.3 is 0 Å². The largest absolute Gasteiger partial charge is 0.411 e. The number of likely N-dealkylation sites (N-methyl/N-ethyl adjacent to an activating group) is 1. The number of nitrogens with zero attached hydrogens (tertiary/aromatic N) is 4. The first kappa shape index (κ1) is 20.4. The van der Waals surface area contributed by atoms with Gasteiger partial charge in [-0.1, -0.05) is 74.0 Å². The van der Waals surface area contributed by atoms with E-state index >= 15 is 0 Å². The highest BCUT2D eigenvalue weighted by molar-refractivity contribution is 6.00. The summed E-state index contributed by atoms with van der Waals surface area (Å²) in [7, 11) is 0. The second kappa shape index (κ2) is 9.26. The minimum Gasteiger partial charge on any atom is -0.411 e. The van der Waals surface area contributed by atoms with Crippen LogP contribution in [0.25, 0.3) is 22.0 Å². The molecule has 2 heterocycles. The summed E-state index contributed by atoms with van der Waals surface area (Å²) in [5.41, 5.74) is 3.74. The number of oxime groups is 1. The van der Waals surface area contributed by atoms with Gasteiger partial charge in [0.05, 0.1) is 11.4 Å². The maximum absolute atomic E-state index is 9.30. The molecule has 0 saturated carbocycles. The highest BCUT2D eigenvalue weighted by Gasteiger charge is 2.19. The highest BCUT2D eigenvalue weighted by Crippen LogP contribution is 2.31. The first-order chi connectivity index (χ1) is 14.7. The van der Waals surface area contributed by atoms with E-state index in [4.69, 9.17) is 4.98 Å². The van der Waals surface area contributed by atoms with Crippen LogP contribution in [0.3, 0.4) is 0 Å². The molecule has 0 aliphatic carbocycles. The topological polar surface area (TPSA) is 52.0 Å². The van der Waals surface area contributed by atoms with Crippen molar-refractivity contribution >= 4 is 22.3 Å². The summed E-state index contributed by atoms with van der Waals surface area (Å²) in [6, 6.07) is 18.9. The van der Waals surface area contributed by atoms with Gasteiger partial charge in [-0.05, 0) is 30.0 Å². The Morgan fingerprint density at radius 1 is 1.00 bits per heavy atom. The molecule has 5 nitrogen and oxygen atoms in total. The van der Waals surface area contributed by atoms with Crippen LogP contribution < -0.4 is 4.90 Å². The van der Waals surface area contributed by atoms with Gasteiger partial charge in [-0.25, -0.2) is 4.98 Å². The molecule has 5 heteroatoms. The number of hydrogen-bond acceptors (Lipinski definition) is 5. The third kappa shape index (κ3) is 4.17. The van der Waals surface area contributed by atoms with Gasteiger partial charge in [0, 0.05) is 37.1 Å². The van der Waals surface area contributed by atoms with Crippen LogP contribution in [0.15, 0.2) is 59.8 Å². The van der Waals surface area contributed by atoms with Gasteiger partial charge in [-0.2, -0.15) is 0 Å². The molecule has 3 aromatic rings. The van der Waals surface area contributed by atoms with Crippen molar-refractivity contribution in [3.63, 3.8) is 0 Å². The van der Waals surface area contributed by atoms with Crippen molar-refractivity contribution in [2.24, 2.45) is 5.16 Å². The maximum Gasteiger partial charge on any atom is 0.137 e. The van der Waals surface area contributed by atoms with E-state index in [0.717, 1.165) is 73.9 Å². The van der Waals surface area contributed by atoms with Crippen LogP contribution in [-0.4, -0.2) is 53.5 Å². The standard InChI is InChI=1S/C25H30N4O/c1-3-7-23(27-30)19-10-12-20(13-11-19)24-18-21-8-5-6-9-22(21)25(26-24)29-16-14-28(4-2)15-17-29/h5-6,8-13,18,30H,3-4,7,14-17H2,1-2H3/b27-23+. The van der Waals surface area contributed by atoms with E-state index in [1.807, 2.05) is 12.1 Å². The normalized spacial score (nSPS) is 15.7. The number of aromatic nitrogens is 1. The van der Waals surface area contributed by atoms with Crippen LogP contribution in [0.5, 0.6) is 0 Å². The van der Waals surface area contributed by atoms with Gasteiger partial charge in [0.25, 0.3) is 0 Å². The lowest BCUT2D eigenvalue weighted by Crippen LogP contribution is -2.46. The molecular formula is C25H30N4O. The third-order valence-corrected chi connectivity index (χ3v) is 5.96. The van der Waals surface area contributed by atoms with Crippen molar-refractivity contribution in [3.05, 3.63) is 60.2 Å². The molecule has 1 saturated heterocycles. The number of pyridine rings is 1. The lowest BCUT2D eigenvalue weighted by atomic mass is 10.0. The Morgan fingerprint density at radius 3 is 2.40 bits per heavy atom. The molecule has 0 amide bonds. The van der Waals surface area contributed by atoms with Crippen molar-refractivity contribution in [1.82, 2.24) is 9.88 Å². The van der Waals surface area contributed by atoms with Crippen LogP contribution in [0.2, 0.25) is 0 Å². The molecule has 1 aliphatic heterocycles. The van der Waals surface area contributed by atoms with Crippen molar-refractivity contribution in [2.45, 2.75) is 26.7 Å². The van der Waals surface area contributed by atoms with Crippen molar-refractivity contribution < 1.29 is 5.21 Å². The zero-order chi connectivity index (χ0) is 20.9. The average molecular weight is 403 g/mol. The number of anilines is 1.